The second-order valence-corrected chi connectivity index (χ2v) is 6.07. The molecule has 1 N–H and O–H groups in total. The van der Waals surface area contributed by atoms with Gasteiger partial charge in [0.05, 0.1) is 4.47 Å². The lowest BCUT2D eigenvalue weighted by Crippen LogP contribution is -2.10. The summed E-state index contributed by atoms with van der Waals surface area (Å²) in [5, 5.41) is 4.29. The standard InChI is InChI=1S/C13H13BrN2O2S/c1-2-15-5-9-6-16-13(19-9)8-3-10(14)12-11(4-8)17-7-18-12/h3-4,6,15H,2,5,7H2,1H3. The van der Waals surface area contributed by atoms with Crippen LogP contribution in [0.4, 0.5) is 0 Å². The molecule has 1 aromatic heterocycles. The van der Waals surface area contributed by atoms with Gasteiger partial charge in [-0.1, -0.05) is 6.92 Å². The van der Waals surface area contributed by atoms with E-state index in [2.05, 4.69) is 33.2 Å². The molecule has 0 saturated heterocycles. The van der Waals surface area contributed by atoms with Gasteiger partial charge in [0.15, 0.2) is 11.5 Å². The number of rotatable bonds is 4. The third-order valence-electron chi connectivity index (χ3n) is 2.78. The molecule has 2 aromatic rings. The summed E-state index contributed by atoms with van der Waals surface area (Å²) in [4.78, 5) is 5.69. The average Bonchev–Trinajstić information content (AvgIpc) is 3.05. The lowest BCUT2D eigenvalue weighted by atomic mass is 10.2. The van der Waals surface area contributed by atoms with Crippen LogP contribution in [0.3, 0.4) is 0 Å². The molecule has 3 rings (SSSR count). The number of nitrogens with zero attached hydrogens (tertiary/aromatic N) is 1. The molecule has 0 aliphatic carbocycles. The highest BCUT2D eigenvalue weighted by atomic mass is 79.9. The maximum absolute atomic E-state index is 5.43. The van der Waals surface area contributed by atoms with Gasteiger partial charge in [0.2, 0.25) is 6.79 Å². The van der Waals surface area contributed by atoms with Crippen molar-refractivity contribution in [3.63, 3.8) is 0 Å². The van der Waals surface area contributed by atoms with Crippen molar-refractivity contribution < 1.29 is 9.47 Å². The van der Waals surface area contributed by atoms with Gasteiger partial charge in [-0.25, -0.2) is 4.98 Å². The van der Waals surface area contributed by atoms with Gasteiger partial charge in [-0.3, -0.25) is 0 Å². The second-order valence-electron chi connectivity index (χ2n) is 4.10. The topological polar surface area (TPSA) is 43.4 Å². The van der Waals surface area contributed by atoms with Gasteiger partial charge in [-0.15, -0.1) is 11.3 Å². The molecule has 2 heterocycles. The molecule has 0 atom stereocenters. The van der Waals surface area contributed by atoms with E-state index in [1.54, 1.807) is 11.3 Å². The molecule has 6 heteroatoms. The predicted molar refractivity (Wildman–Crippen MR) is 78.8 cm³/mol. The van der Waals surface area contributed by atoms with Crippen LogP contribution in [-0.4, -0.2) is 18.3 Å². The molecular weight excluding hydrogens is 328 g/mol. The zero-order valence-corrected chi connectivity index (χ0v) is 12.8. The van der Waals surface area contributed by atoms with Crippen molar-refractivity contribution in [1.82, 2.24) is 10.3 Å². The van der Waals surface area contributed by atoms with E-state index in [9.17, 15) is 0 Å². The zero-order chi connectivity index (χ0) is 13.2. The molecule has 0 saturated carbocycles. The Morgan fingerprint density at radius 1 is 1.42 bits per heavy atom. The number of halogens is 1. The van der Waals surface area contributed by atoms with Crippen molar-refractivity contribution in [2.45, 2.75) is 13.5 Å². The molecular formula is C13H13BrN2O2S. The normalized spacial score (nSPS) is 12.9. The number of nitrogens with one attached hydrogen (secondary N) is 1. The number of aromatic nitrogens is 1. The van der Waals surface area contributed by atoms with Gasteiger partial charge in [0.1, 0.15) is 5.01 Å². The fourth-order valence-corrected chi connectivity index (χ4v) is 3.29. The first kappa shape index (κ1) is 12.9. The van der Waals surface area contributed by atoms with Crippen LogP contribution in [0.1, 0.15) is 11.8 Å². The summed E-state index contributed by atoms with van der Waals surface area (Å²) in [6, 6.07) is 3.99. The molecule has 1 aromatic carbocycles. The summed E-state index contributed by atoms with van der Waals surface area (Å²) in [5.74, 6) is 1.54. The summed E-state index contributed by atoms with van der Waals surface area (Å²) in [6.45, 7) is 4.19. The van der Waals surface area contributed by atoms with E-state index < -0.39 is 0 Å². The van der Waals surface area contributed by atoms with E-state index >= 15 is 0 Å². The lowest BCUT2D eigenvalue weighted by molar-refractivity contribution is 0.173. The SMILES string of the molecule is CCNCc1cnc(-c2cc(Br)c3c(c2)OCO3)s1. The van der Waals surface area contributed by atoms with Crippen LogP contribution < -0.4 is 14.8 Å². The Balaban J connectivity index is 1.90. The largest absolute Gasteiger partial charge is 0.454 e. The Morgan fingerprint density at radius 2 is 2.32 bits per heavy atom. The molecule has 0 spiro atoms. The molecule has 19 heavy (non-hydrogen) atoms. The third kappa shape index (κ3) is 2.61. The van der Waals surface area contributed by atoms with Gasteiger partial charge < -0.3 is 14.8 Å². The Morgan fingerprint density at radius 3 is 3.16 bits per heavy atom. The van der Waals surface area contributed by atoms with E-state index in [-0.39, 0.29) is 6.79 Å². The number of ether oxygens (including phenoxy) is 2. The van der Waals surface area contributed by atoms with Gasteiger partial charge in [-0.2, -0.15) is 0 Å². The molecule has 0 fully saturated rings. The van der Waals surface area contributed by atoms with E-state index in [1.807, 2.05) is 18.3 Å². The van der Waals surface area contributed by atoms with Crippen molar-refractivity contribution >= 4 is 27.3 Å². The summed E-state index contributed by atoms with van der Waals surface area (Å²) in [6.07, 6.45) is 1.92. The monoisotopic (exact) mass is 340 g/mol. The molecule has 0 unspecified atom stereocenters. The van der Waals surface area contributed by atoms with Crippen molar-refractivity contribution in [3.8, 4) is 22.1 Å². The molecule has 0 amide bonds. The van der Waals surface area contributed by atoms with Crippen molar-refractivity contribution in [3.05, 3.63) is 27.7 Å². The summed E-state index contributed by atoms with van der Waals surface area (Å²) < 4.78 is 11.7. The lowest BCUT2D eigenvalue weighted by Gasteiger charge is -2.02. The van der Waals surface area contributed by atoms with E-state index in [0.717, 1.165) is 39.6 Å². The smallest absolute Gasteiger partial charge is 0.231 e. The summed E-state index contributed by atoms with van der Waals surface area (Å²) >= 11 is 5.19. The van der Waals surface area contributed by atoms with E-state index in [4.69, 9.17) is 9.47 Å². The van der Waals surface area contributed by atoms with Crippen LogP contribution in [0.2, 0.25) is 0 Å². The highest BCUT2D eigenvalue weighted by Crippen LogP contribution is 2.43. The van der Waals surface area contributed by atoms with Gasteiger partial charge in [0, 0.05) is 23.2 Å². The van der Waals surface area contributed by atoms with E-state index in [1.165, 1.54) is 4.88 Å². The van der Waals surface area contributed by atoms with Crippen molar-refractivity contribution in [2.75, 3.05) is 13.3 Å². The summed E-state index contributed by atoms with van der Waals surface area (Å²) in [7, 11) is 0. The average molecular weight is 341 g/mol. The Labute approximate surface area is 123 Å². The highest BCUT2D eigenvalue weighted by molar-refractivity contribution is 9.10. The zero-order valence-electron chi connectivity index (χ0n) is 10.4. The van der Waals surface area contributed by atoms with Crippen LogP contribution in [0.15, 0.2) is 22.8 Å². The first-order valence-corrected chi connectivity index (χ1v) is 7.64. The van der Waals surface area contributed by atoms with E-state index in [0.29, 0.717) is 0 Å². The van der Waals surface area contributed by atoms with Crippen LogP contribution in [0.5, 0.6) is 11.5 Å². The molecule has 1 aliphatic heterocycles. The Kier molecular flexibility index (Phi) is 3.72. The van der Waals surface area contributed by atoms with Gasteiger partial charge in [0.25, 0.3) is 0 Å². The summed E-state index contributed by atoms with van der Waals surface area (Å²) in [5.41, 5.74) is 1.05. The molecule has 1 aliphatic rings. The molecule has 0 bridgehead atoms. The Hall–Kier alpha value is -1.11. The van der Waals surface area contributed by atoms with Crippen molar-refractivity contribution in [1.29, 1.82) is 0 Å². The number of hydrogen-bond acceptors (Lipinski definition) is 5. The van der Waals surface area contributed by atoms with Gasteiger partial charge >= 0.3 is 0 Å². The van der Waals surface area contributed by atoms with Gasteiger partial charge in [-0.05, 0) is 34.6 Å². The number of thiazole rings is 1. The predicted octanol–water partition coefficient (Wildman–Crippen LogP) is 3.41. The maximum Gasteiger partial charge on any atom is 0.231 e. The molecule has 100 valence electrons. The van der Waals surface area contributed by atoms with Crippen LogP contribution in [0.25, 0.3) is 10.6 Å². The molecule has 4 nitrogen and oxygen atoms in total. The highest BCUT2D eigenvalue weighted by Gasteiger charge is 2.19. The third-order valence-corrected chi connectivity index (χ3v) is 4.41. The van der Waals surface area contributed by atoms with Crippen LogP contribution >= 0.6 is 27.3 Å². The van der Waals surface area contributed by atoms with Crippen molar-refractivity contribution in [2.24, 2.45) is 0 Å². The second kappa shape index (κ2) is 5.48. The maximum atomic E-state index is 5.43. The molecule has 0 radical (unpaired) electrons. The fraction of sp³-hybridized carbons (Fsp3) is 0.308. The van der Waals surface area contributed by atoms with Crippen LogP contribution in [-0.2, 0) is 6.54 Å². The minimum atomic E-state index is 0.279. The number of benzene rings is 1. The number of hydrogen-bond donors (Lipinski definition) is 1. The van der Waals surface area contributed by atoms with Crippen LogP contribution in [0, 0.1) is 0 Å². The first-order chi connectivity index (χ1) is 9.28. The fourth-order valence-electron chi connectivity index (χ4n) is 1.86. The quantitative estimate of drug-likeness (QED) is 0.926. The minimum absolute atomic E-state index is 0.279. The minimum Gasteiger partial charge on any atom is -0.454 e. The first-order valence-electron chi connectivity index (χ1n) is 6.03. The Bertz CT molecular complexity index is 600. The number of fused-ring (bicyclic) bond motifs is 1.